The third-order valence-corrected chi connectivity index (χ3v) is 4.17. The highest BCUT2D eigenvalue weighted by Gasteiger charge is 2.34. The molecule has 4 nitrogen and oxygen atoms in total. The number of hydrogen-bond donors (Lipinski definition) is 1. The smallest absolute Gasteiger partial charge is 0.240 e. The Morgan fingerprint density at radius 1 is 1.43 bits per heavy atom. The van der Waals surface area contributed by atoms with Crippen LogP contribution in [-0.4, -0.2) is 36.5 Å². The van der Waals surface area contributed by atoms with E-state index in [1.807, 2.05) is 45.0 Å². The highest BCUT2D eigenvalue weighted by atomic mass is 35.5. The van der Waals surface area contributed by atoms with Gasteiger partial charge in [-0.3, -0.25) is 4.79 Å². The van der Waals surface area contributed by atoms with Gasteiger partial charge < -0.3 is 15.4 Å². The number of ether oxygens (including phenoxy) is 1. The van der Waals surface area contributed by atoms with Gasteiger partial charge in [-0.05, 0) is 11.5 Å². The quantitative estimate of drug-likeness (QED) is 0.913. The number of carbonyl (C=O) groups excluding carboxylic acids is 1. The second kappa shape index (κ2) is 6.34. The molecule has 0 aliphatic carbocycles. The molecule has 2 rings (SSSR count). The van der Waals surface area contributed by atoms with Crippen LogP contribution in [0.5, 0.6) is 0 Å². The third kappa shape index (κ3) is 3.76. The molecule has 1 aromatic rings. The molecule has 5 heteroatoms. The van der Waals surface area contributed by atoms with Crippen LogP contribution < -0.4 is 5.73 Å². The van der Waals surface area contributed by atoms with E-state index in [2.05, 4.69) is 0 Å². The van der Waals surface area contributed by atoms with Crippen molar-refractivity contribution in [3.8, 4) is 0 Å². The maximum atomic E-state index is 12.5. The average Bonchev–Trinajstić information content (AvgIpc) is 2.45. The summed E-state index contributed by atoms with van der Waals surface area (Å²) in [5.74, 6) is -0.0251. The number of hydrogen-bond acceptors (Lipinski definition) is 3. The van der Waals surface area contributed by atoms with Crippen molar-refractivity contribution in [3.63, 3.8) is 0 Å². The minimum atomic E-state index is -0.512. The first kappa shape index (κ1) is 16.3. The summed E-state index contributed by atoms with van der Waals surface area (Å²) in [6.07, 6.45) is -0.191. The fourth-order valence-corrected chi connectivity index (χ4v) is 2.60. The molecule has 1 fully saturated rings. The number of nitrogens with two attached hydrogens (primary N) is 1. The predicted molar refractivity (Wildman–Crippen MR) is 84.2 cm³/mol. The summed E-state index contributed by atoms with van der Waals surface area (Å²) in [4.78, 5) is 14.3. The van der Waals surface area contributed by atoms with Crippen LogP contribution in [0.3, 0.4) is 0 Å². The molecule has 21 heavy (non-hydrogen) atoms. The van der Waals surface area contributed by atoms with Crippen molar-refractivity contribution in [2.45, 2.75) is 32.9 Å². The SMILES string of the molecule is CC(C)(C)[C@H](N)C(=O)N1CCOC(c2ccccc2Cl)C1. The summed E-state index contributed by atoms with van der Waals surface area (Å²) in [6.45, 7) is 7.49. The molecule has 1 aliphatic rings. The zero-order valence-electron chi connectivity index (χ0n) is 12.8. The first-order valence-electron chi connectivity index (χ1n) is 7.21. The van der Waals surface area contributed by atoms with Gasteiger partial charge in [0.15, 0.2) is 0 Å². The van der Waals surface area contributed by atoms with Gasteiger partial charge in [-0.25, -0.2) is 0 Å². The Labute approximate surface area is 131 Å². The Morgan fingerprint density at radius 2 is 2.10 bits per heavy atom. The molecule has 2 N–H and O–H groups in total. The van der Waals surface area contributed by atoms with E-state index in [4.69, 9.17) is 22.1 Å². The zero-order valence-corrected chi connectivity index (χ0v) is 13.6. The first-order valence-corrected chi connectivity index (χ1v) is 7.59. The molecule has 0 saturated carbocycles. The van der Waals surface area contributed by atoms with Crippen LogP contribution in [0.1, 0.15) is 32.4 Å². The molecule has 2 atom stereocenters. The van der Waals surface area contributed by atoms with Crippen molar-refractivity contribution < 1.29 is 9.53 Å². The van der Waals surface area contributed by atoms with E-state index in [0.29, 0.717) is 24.7 Å². The second-order valence-corrected chi connectivity index (χ2v) is 6.92. The van der Waals surface area contributed by atoms with E-state index in [-0.39, 0.29) is 17.4 Å². The molecule has 0 spiro atoms. The molecular formula is C16H23ClN2O2. The van der Waals surface area contributed by atoms with Crippen LogP contribution in [0.15, 0.2) is 24.3 Å². The molecule has 1 unspecified atom stereocenters. The molecule has 0 aromatic heterocycles. The van der Waals surface area contributed by atoms with Crippen molar-refractivity contribution >= 4 is 17.5 Å². The summed E-state index contributed by atoms with van der Waals surface area (Å²) in [6, 6.07) is 7.06. The van der Waals surface area contributed by atoms with Gasteiger partial charge in [0.05, 0.1) is 19.2 Å². The first-order chi connectivity index (χ1) is 9.80. The number of carbonyl (C=O) groups is 1. The van der Waals surface area contributed by atoms with Gasteiger partial charge >= 0.3 is 0 Å². The maximum Gasteiger partial charge on any atom is 0.240 e. The number of nitrogens with zero attached hydrogens (tertiary/aromatic N) is 1. The van der Waals surface area contributed by atoms with Crippen molar-refractivity contribution in [2.75, 3.05) is 19.7 Å². The van der Waals surface area contributed by atoms with Gasteiger partial charge in [-0.2, -0.15) is 0 Å². The molecule has 116 valence electrons. The molecule has 1 aromatic carbocycles. The van der Waals surface area contributed by atoms with Crippen LogP contribution in [0, 0.1) is 5.41 Å². The topological polar surface area (TPSA) is 55.6 Å². The number of morpholine rings is 1. The summed E-state index contributed by atoms with van der Waals surface area (Å²) < 4.78 is 5.77. The van der Waals surface area contributed by atoms with Crippen LogP contribution in [0.2, 0.25) is 5.02 Å². The number of rotatable bonds is 2. The Morgan fingerprint density at radius 3 is 2.71 bits per heavy atom. The molecule has 1 heterocycles. The Bertz CT molecular complexity index is 513. The number of amides is 1. The normalized spacial score (nSPS) is 21.2. The number of halogens is 1. The van der Waals surface area contributed by atoms with Crippen molar-refractivity contribution in [3.05, 3.63) is 34.9 Å². The van der Waals surface area contributed by atoms with Gasteiger partial charge in [0.2, 0.25) is 5.91 Å². The molecule has 1 aliphatic heterocycles. The van der Waals surface area contributed by atoms with Crippen LogP contribution in [0.4, 0.5) is 0 Å². The molecule has 0 radical (unpaired) electrons. The zero-order chi connectivity index (χ0) is 15.6. The van der Waals surface area contributed by atoms with E-state index in [9.17, 15) is 4.79 Å². The lowest BCUT2D eigenvalue weighted by Gasteiger charge is -2.37. The van der Waals surface area contributed by atoms with E-state index >= 15 is 0 Å². The van der Waals surface area contributed by atoms with E-state index < -0.39 is 6.04 Å². The van der Waals surface area contributed by atoms with E-state index in [0.717, 1.165) is 5.56 Å². The van der Waals surface area contributed by atoms with Crippen molar-refractivity contribution in [2.24, 2.45) is 11.1 Å². The van der Waals surface area contributed by atoms with Crippen LogP contribution >= 0.6 is 11.6 Å². The van der Waals surface area contributed by atoms with Gasteiger partial charge in [0.1, 0.15) is 6.10 Å². The standard InChI is InChI=1S/C16H23ClN2O2/c1-16(2,3)14(18)15(20)19-8-9-21-13(10-19)11-6-4-5-7-12(11)17/h4-7,13-14H,8-10,18H2,1-3H3/t13?,14-/m1/s1. The molecular weight excluding hydrogens is 288 g/mol. The molecule has 1 amide bonds. The Balaban J connectivity index is 2.11. The van der Waals surface area contributed by atoms with Gasteiger partial charge in [0, 0.05) is 17.1 Å². The highest BCUT2D eigenvalue weighted by Crippen LogP contribution is 2.29. The monoisotopic (exact) mass is 310 g/mol. The number of benzene rings is 1. The minimum absolute atomic E-state index is 0.0251. The second-order valence-electron chi connectivity index (χ2n) is 6.51. The fourth-order valence-electron chi connectivity index (χ4n) is 2.34. The van der Waals surface area contributed by atoms with Gasteiger partial charge in [-0.15, -0.1) is 0 Å². The lowest BCUT2D eigenvalue weighted by molar-refractivity contribution is -0.142. The van der Waals surface area contributed by atoms with Gasteiger partial charge in [0.25, 0.3) is 0 Å². The minimum Gasteiger partial charge on any atom is -0.370 e. The Kier molecular flexibility index (Phi) is 4.91. The lowest BCUT2D eigenvalue weighted by Crippen LogP contribution is -2.53. The summed E-state index contributed by atoms with van der Waals surface area (Å²) in [7, 11) is 0. The van der Waals surface area contributed by atoms with Crippen LogP contribution in [0.25, 0.3) is 0 Å². The lowest BCUT2D eigenvalue weighted by atomic mass is 9.86. The molecule has 1 saturated heterocycles. The maximum absolute atomic E-state index is 12.5. The summed E-state index contributed by atoms with van der Waals surface area (Å²) in [5, 5.41) is 0.664. The summed E-state index contributed by atoms with van der Waals surface area (Å²) in [5.41, 5.74) is 6.74. The van der Waals surface area contributed by atoms with Crippen molar-refractivity contribution in [1.29, 1.82) is 0 Å². The fraction of sp³-hybridized carbons (Fsp3) is 0.562. The van der Waals surface area contributed by atoms with E-state index in [1.165, 1.54) is 0 Å². The van der Waals surface area contributed by atoms with Gasteiger partial charge in [-0.1, -0.05) is 50.6 Å². The van der Waals surface area contributed by atoms with Crippen molar-refractivity contribution in [1.82, 2.24) is 4.90 Å². The third-order valence-electron chi connectivity index (χ3n) is 3.83. The van der Waals surface area contributed by atoms with E-state index in [1.54, 1.807) is 4.90 Å². The average molecular weight is 311 g/mol. The Hall–Kier alpha value is -1.10. The molecule has 0 bridgehead atoms. The highest BCUT2D eigenvalue weighted by molar-refractivity contribution is 6.31. The largest absolute Gasteiger partial charge is 0.370 e. The van der Waals surface area contributed by atoms with Crippen LogP contribution in [-0.2, 0) is 9.53 Å². The summed E-state index contributed by atoms with van der Waals surface area (Å²) >= 11 is 6.21. The predicted octanol–water partition coefficient (Wildman–Crippen LogP) is 2.61.